The van der Waals surface area contributed by atoms with Crippen molar-refractivity contribution in [3.8, 4) is 11.5 Å². The van der Waals surface area contributed by atoms with Crippen molar-refractivity contribution in [2.45, 2.75) is 30.5 Å². The van der Waals surface area contributed by atoms with Gasteiger partial charge in [0.2, 0.25) is 0 Å². The highest BCUT2D eigenvalue weighted by molar-refractivity contribution is 5.94. The van der Waals surface area contributed by atoms with E-state index in [1.165, 1.54) is 14.2 Å². The Morgan fingerprint density at radius 2 is 1.64 bits per heavy atom. The van der Waals surface area contributed by atoms with Crippen LogP contribution in [-0.2, 0) is 4.74 Å². The molecule has 0 unspecified atom stereocenters. The number of aliphatic hydroxyl groups excluding tert-OH is 4. The predicted octanol–water partition coefficient (Wildman–Crippen LogP) is 0.372. The zero-order chi connectivity index (χ0) is 18.1. The number of fused-ring (bicyclic) bond motifs is 1. The van der Waals surface area contributed by atoms with Crippen LogP contribution in [0.5, 0.6) is 11.5 Å². The Morgan fingerprint density at radius 1 is 0.960 bits per heavy atom. The molecule has 1 saturated heterocycles. The van der Waals surface area contributed by atoms with Crippen molar-refractivity contribution in [3.05, 3.63) is 35.9 Å². The first-order valence-electron chi connectivity index (χ1n) is 7.97. The van der Waals surface area contributed by atoms with Crippen molar-refractivity contribution >= 4 is 10.8 Å². The summed E-state index contributed by atoms with van der Waals surface area (Å²) >= 11 is 0. The third kappa shape index (κ3) is 2.94. The minimum atomic E-state index is -1.46. The van der Waals surface area contributed by atoms with Gasteiger partial charge < -0.3 is 34.6 Å². The first-order valence-corrected chi connectivity index (χ1v) is 7.97. The van der Waals surface area contributed by atoms with E-state index in [1.54, 1.807) is 6.07 Å². The van der Waals surface area contributed by atoms with E-state index < -0.39 is 37.1 Å². The van der Waals surface area contributed by atoms with E-state index in [4.69, 9.17) is 14.2 Å². The minimum Gasteiger partial charge on any atom is -0.496 e. The summed E-state index contributed by atoms with van der Waals surface area (Å²) in [5.74, 6) is 1.03. The standard InChI is InChI=1S/C18H22O7/c1-23-12-7-11(17(24-2)10-6-4-3-5-9(10)12)18-16(22)15(21)14(20)13(8-19)25-18/h3-7,13-16,18-22H,8H2,1-2H3/t13-,14+,15+,16-,18+/m1/s1. The molecular weight excluding hydrogens is 328 g/mol. The fourth-order valence-electron chi connectivity index (χ4n) is 3.30. The maximum absolute atomic E-state index is 10.4. The molecule has 0 bridgehead atoms. The van der Waals surface area contributed by atoms with Gasteiger partial charge >= 0.3 is 0 Å². The van der Waals surface area contributed by atoms with Gasteiger partial charge in [0.15, 0.2) is 0 Å². The van der Waals surface area contributed by atoms with Crippen molar-refractivity contribution in [1.82, 2.24) is 0 Å². The molecular formula is C18H22O7. The van der Waals surface area contributed by atoms with E-state index >= 15 is 0 Å². The van der Waals surface area contributed by atoms with Crippen LogP contribution in [0.25, 0.3) is 10.8 Å². The van der Waals surface area contributed by atoms with Crippen LogP contribution < -0.4 is 9.47 Å². The van der Waals surface area contributed by atoms with E-state index in [9.17, 15) is 20.4 Å². The molecule has 136 valence electrons. The number of benzene rings is 2. The van der Waals surface area contributed by atoms with Crippen LogP contribution in [0.1, 0.15) is 11.7 Å². The van der Waals surface area contributed by atoms with Gasteiger partial charge in [0.25, 0.3) is 0 Å². The molecule has 3 rings (SSSR count). The zero-order valence-corrected chi connectivity index (χ0v) is 14.0. The summed E-state index contributed by atoms with van der Waals surface area (Å²) in [6.07, 6.45) is -6.25. The first-order chi connectivity index (χ1) is 12.0. The highest BCUT2D eigenvalue weighted by atomic mass is 16.5. The molecule has 7 nitrogen and oxygen atoms in total. The third-order valence-electron chi connectivity index (χ3n) is 4.61. The molecule has 0 aromatic heterocycles. The fraction of sp³-hybridized carbons (Fsp3) is 0.444. The van der Waals surface area contributed by atoms with Crippen molar-refractivity contribution < 1.29 is 34.6 Å². The van der Waals surface area contributed by atoms with E-state index in [1.807, 2.05) is 24.3 Å². The summed E-state index contributed by atoms with van der Waals surface area (Å²) in [6, 6.07) is 9.13. The number of aliphatic hydroxyl groups is 4. The lowest BCUT2D eigenvalue weighted by molar-refractivity contribution is -0.232. The Kier molecular flexibility index (Phi) is 5.12. The van der Waals surface area contributed by atoms with E-state index in [0.29, 0.717) is 17.1 Å². The fourth-order valence-corrected chi connectivity index (χ4v) is 3.30. The van der Waals surface area contributed by atoms with Crippen molar-refractivity contribution in [2.75, 3.05) is 20.8 Å². The largest absolute Gasteiger partial charge is 0.496 e. The maximum atomic E-state index is 10.4. The smallest absolute Gasteiger partial charge is 0.132 e. The second kappa shape index (κ2) is 7.15. The summed E-state index contributed by atoms with van der Waals surface area (Å²) in [6.45, 7) is -0.492. The summed E-state index contributed by atoms with van der Waals surface area (Å²) in [4.78, 5) is 0. The predicted molar refractivity (Wildman–Crippen MR) is 89.8 cm³/mol. The molecule has 5 atom stereocenters. The van der Waals surface area contributed by atoms with Gasteiger partial charge in [-0.25, -0.2) is 0 Å². The molecule has 4 N–H and O–H groups in total. The molecule has 2 aromatic rings. The molecule has 0 spiro atoms. The molecule has 2 aromatic carbocycles. The quantitative estimate of drug-likeness (QED) is 0.631. The Hall–Kier alpha value is -1.90. The topological polar surface area (TPSA) is 109 Å². The second-order valence-electron chi connectivity index (χ2n) is 6.00. The zero-order valence-electron chi connectivity index (χ0n) is 14.0. The van der Waals surface area contributed by atoms with Gasteiger partial charge in [-0.15, -0.1) is 0 Å². The average Bonchev–Trinajstić information content (AvgIpc) is 2.65. The Morgan fingerprint density at radius 3 is 2.24 bits per heavy atom. The maximum Gasteiger partial charge on any atom is 0.132 e. The van der Waals surface area contributed by atoms with Crippen molar-refractivity contribution in [1.29, 1.82) is 0 Å². The van der Waals surface area contributed by atoms with Crippen LogP contribution in [0.15, 0.2) is 30.3 Å². The van der Waals surface area contributed by atoms with Gasteiger partial charge in [0.05, 0.1) is 20.8 Å². The van der Waals surface area contributed by atoms with Crippen LogP contribution in [0.4, 0.5) is 0 Å². The van der Waals surface area contributed by atoms with Gasteiger partial charge in [-0.2, -0.15) is 0 Å². The van der Waals surface area contributed by atoms with Crippen LogP contribution in [-0.4, -0.2) is 65.7 Å². The SMILES string of the molecule is COc1cc([C@@H]2O[C@H](CO)[C@H](O)[C@H](O)[C@H]2O)c(OC)c2ccccc12. The molecule has 0 aliphatic carbocycles. The summed E-state index contributed by atoms with van der Waals surface area (Å²) < 4.78 is 16.6. The first kappa shape index (κ1) is 17.9. The third-order valence-corrected chi connectivity index (χ3v) is 4.61. The molecule has 1 fully saturated rings. The van der Waals surface area contributed by atoms with Crippen LogP contribution in [0, 0.1) is 0 Å². The molecule has 0 saturated carbocycles. The molecule has 1 aliphatic rings. The summed E-state index contributed by atoms with van der Waals surface area (Å²) in [5, 5.41) is 41.4. The van der Waals surface area contributed by atoms with Gasteiger partial charge in [-0.1, -0.05) is 24.3 Å². The monoisotopic (exact) mass is 350 g/mol. The van der Waals surface area contributed by atoms with E-state index in [0.717, 1.165) is 10.8 Å². The minimum absolute atomic E-state index is 0.468. The summed E-state index contributed by atoms with van der Waals surface area (Å²) in [5.41, 5.74) is 0.468. The van der Waals surface area contributed by atoms with Crippen LogP contribution in [0.2, 0.25) is 0 Å². The molecule has 0 amide bonds. The second-order valence-corrected chi connectivity index (χ2v) is 6.00. The summed E-state index contributed by atoms with van der Waals surface area (Å²) in [7, 11) is 3.03. The Labute approximate surface area is 145 Å². The Bertz CT molecular complexity index is 746. The molecule has 1 heterocycles. The van der Waals surface area contributed by atoms with Gasteiger partial charge in [0.1, 0.15) is 42.0 Å². The van der Waals surface area contributed by atoms with Crippen molar-refractivity contribution in [3.63, 3.8) is 0 Å². The van der Waals surface area contributed by atoms with Crippen LogP contribution in [0.3, 0.4) is 0 Å². The Balaban J connectivity index is 2.17. The highest BCUT2D eigenvalue weighted by Gasteiger charge is 2.45. The number of hydrogen-bond acceptors (Lipinski definition) is 7. The van der Waals surface area contributed by atoms with E-state index in [-0.39, 0.29) is 0 Å². The van der Waals surface area contributed by atoms with Crippen LogP contribution >= 0.6 is 0 Å². The number of methoxy groups -OCH3 is 2. The molecule has 25 heavy (non-hydrogen) atoms. The number of rotatable bonds is 4. The molecule has 1 aliphatic heterocycles. The number of hydrogen-bond donors (Lipinski definition) is 4. The van der Waals surface area contributed by atoms with Gasteiger partial charge in [-0.3, -0.25) is 0 Å². The van der Waals surface area contributed by atoms with E-state index in [2.05, 4.69) is 0 Å². The normalized spacial score (nSPS) is 29.6. The highest BCUT2D eigenvalue weighted by Crippen LogP contribution is 2.43. The van der Waals surface area contributed by atoms with Gasteiger partial charge in [-0.05, 0) is 6.07 Å². The molecule has 0 radical (unpaired) electrons. The lowest BCUT2D eigenvalue weighted by Gasteiger charge is -2.40. The lowest BCUT2D eigenvalue weighted by atomic mass is 9.89. The molecule has 7 heteroatoms. The van der Waals surface area contributed by atoms with Gasteiger partial charge in [0, 0.05) is 16.3 Å². The number of ether oxygens (including phenoxy) is 3. The lowest BCUT2D eigenvalue weighted by Crippen LogP contribution is -2.55. The van der Waals surface area contributed by atoms with Crippen molar-refractivity contribution in [2.24, 2.45) is 0 Å². The average molecular weight is 350 g/mol.